The second-order valence-electron chi connectivity index (χ2n) is 7.86. The van der Waals surface area contributed by atoms with Crippen LogP contribution in [-0.4, -0.2) is 28.0 Å². The molecular weight excluding hydrogens is 390 g/mol. The number of thioether (sulfide) groups is 1. The van der Waals surface area contributed by atoms with E-state index in [4.69, 9.17) is 4.74 Å². The highest BCUT2D eigenvalue weighted by atomic mass is 32.2. The Hall–Kier alpha value is -1.60. The van der Waals surface area contributed by atoms with Crippen molar-refractivity contribution in [1.29, 1.82) is 0 Å². The van der Waals surface area contributed by atoms with E-state index in [2.05, 4.69) is 48.4 Å². The molecule has 152 valence electrons. The molecule has 0 bridgehead atoms. The zero-order chi connectivity index (χ0) is 19.9. The summed E-state index contributed by atoms with van der Waals surface area (Å²) in [5.74, 6) is 1.77. The van der Waals surface area contributed by atoms with Gasteiger partial charge in [-0.15, -0.1) is 10.2 Å². The van der Waals surface area contributed by atoms with E-state index in [1.165, 1.54) is 35.1 Å². The van der Waals surface area contributed by atoms with Crippen LogP contribution in [0.4, 0.5) is 5.13 Å². The normalized spacial score (nSPS) is 22.2. The Bertz CT molecular complexity index is 751. The first-order valence-corrected chi connectivity index (χ1v) is 11.7. The van der Waals surface area contributed by atoms with Crippen molar-refractivity contribution < 1.29 is 9.53 Å². The molecule has 1 aliphatic carbocycles. The van der Waals surface area contributed by atoms with Gasteiger partial charge in [0.1, 0.15) is 6.10 Å². The van der Waals surface area contributed by atoms with Crippen molar-refractivity contribution in [3.8, 4) is 0 Å². The lowest BCUT2D eigenvalue weighted by molar-refractivity contribution is -0.152. The van der Waals surface area contributed by atoms with Crippen molar-refractivity contribution in [3.63, 3.8) is 0 Å². The number of benzene rings is 1. The fraction of sp³-hybridized carbons (Fsp3) is 0.571. The minimum atomic E-state index is -0.149. The number of ether oxygens (including phenoxy) is 1. The Morgan fingerprint density at radius 3 is 2.82 bits per heavy atom. The second kappa shape index (κ2) is 10.3. The molecule has 1 aliphatic rings. The van der Waals surface area contributed by atoms with Crippen LogP contribution in [0, 0.1) is 17.8 Å². The Labute approximate surface area is 175 Å². The van der Waals surface area contributed by atoms with Crippen LogP contribution >= 0.6 is 23.1 Å². The molecule has 0 spiro atoms. The first kappa shape index (κ1) is 21.1. The number of hydrogen-bond acceptors (Lipinski definition) is 7. The summed E-state index contributed by atoms with van der Waals surface area (Å²) in [5.41, 5.74) is 1.19. The molecular formula is C21H29N3O2S2. The molecule has 1 heterocycles. The van der Waals surface area contributed by atoms with Crippen LogP contribution in [0.15, 0.2) is 34.7 Å². The van der Waals surface area contributed by atoms with Crippen LogP contribution in [0.25, 0.3) is 0 Å². The number of nitrogens with one attached hydrogen (secondary N) is 1. The van der Waals surface area contributed by atoms with Crippen molar-refractivity contribution in [2.75, 3.05) is 11.1 Å². The van der Waals surface area contributed by atoms with Gasteiger partial charge < -0.3 is 10.1 Å². The van der Waals surface area contributed by atoms with E-state index in [0.717, 1.165) is 22.3 Å². The SMILES string of the molecule is CC(C)[C@H]1CC[C@@H](C)C[C@H]1OC(=O)CSc1nnc(NCc2ccccc2)s1. The van der Waals surface area contributed by atoms with E-state index in [0.29, 0.717) is 24.3 Å². The molecule has 7 heteroatoms. The summed E-state index contributed by atoms with van der Waals surface area (Å²) in [4.78, 5) is 12.4. The first-order chi connectivity index (χ1) is 13.5. The molecule has 3 rings (SSSR count). The van der Waals surface area contributed by atoms with Gasteiger partial charge in [0.2, 0.25) is 5.13 Å². The highest BCUT2D eigenvalue weighted by molar-refractivity contribution is 8.01. The number of nitrogens with zero attached hydrogens (tertiary/aromatic N) is 2. The van der Waals surface area contributed by atoms with Gasteiger partial charge in [0.15, 0.2) is 4.34 Å². The summed E-state index contributed by atoms with van der Waals surface area (Å²) >= 11 is 2.87. The van der Waals surface area contributed by atoms with Crippen molar-refractivity contribution in [1.82, 2.24) is 10.2 Å². The Morgan fingerprint density at radius 1 is 1.29 bits per heavy atom. The number of hydrogen-bond donors (Lipinski definition) is 1. The lowest BCUT2D eigenvalue weighted by Crippen LogP contribution is -2.36. The number of carbonyl (C=O) groups excluding carboxylic acids is 1. The predicted molar refractivity (Wildman–Crippen MR) is 116 cm³/mol. The van der Waals surface area contributed by atoms with Gasteiger partial charge in [-0.25, -0.2) is 0 Å². The number of rotatable bonds is 8. The predicted octanol–water partition coefficient (Wildman–Crippen LogP) is 5.25. The number of esters is 1. The van der Waals surface area contributed by atoms with Gasteiger partial charge in [0, 0.05) is 6.54 Å². The lowest BCUT2D eigenvalue weighted by atomic mass is 9.75. The highest BCUT2D eigenvalue weighted by Crippen LogP contribution is 2.35. The third-order valence-electron chi connectivity index (χ3n) is 5.25. The molecule has 0 radical (unpaired) electrons. The summed E-state index contributed by atoms with van der Waals surface area (Å²) in [6, 6.07) is 10.2. The Morgan fingerprint density at radius 2 is 2.07 bits per heavy atom. The zero-order valence-electron chi connectivity index (χ0n) is 16.8. The third-order valence-corrected chi connectivity index (χ3v) is 7.24. The maximum Gasteiger partial charge on any atom is 0.316 e. The summed E-state index contributed by atoms with van der Waals surface area (Å²) in [7, 11) is 0. The summed E-state index contributed by atoms with van der Waals surface area (Å²) < 4.78 is 6.63. The summed E-state index contributed by atoms with van der Waals surface area (Å²) in [6.07, 6.45) is 3.41. The van der Waals surface area contributed by atoms with Crippen LogP contribution in [-0.2, 0) is 16.1 Å². The Kier molecular flexibility index (Phi) is 7.73. The molecule has 1 N–H and O–H groups in total. The van der Waals surface area contributed by atoms with E-state index >= 15 is 0 Å². The molecule has 0 unspecified atom stereocenters. The second-order valence-corrected chi connectivity index (χ2v) is 10.1. The van der Waals surface area contributed by atoms with Gasteiger partial charge in [-0.1, -0.05) is 80.6 Å². The van der Waals surface area contributed by atoms with E-state index in [-0.39, 0.29) is 17.8 Å². The van der Waals surface area contributed by atoms with Crippen molar-refractivity contribution >= 4 is 34.2 Å². The summed E-state index contributed by atoms with van der Waals surface area (Å²) in [5, 5.41) is 12.4. The quantitative estimate of drug-likeness (QED) is 0.466. The average molecular weight is 420 g/mol. The van der Waals surface area contributed by atoms with Crippen LogP contribution in [0.2, 0.25) is 0 Å². The van der Waals surface area contributed by atoms with E-state index < -0.39 is 0 Å². The maximum atomic E-state index is 12.4. The molecule has 1 saturated carbocycles. The first-order valence-electron chi connectivity index (χ1n) is 9.95. The molecule has 5 nitrogen and oxygen atoms in total. The Balaban J connectivity index is 1.45. The van der Waals surface area contributed by atoms with Crippen LogP contribution in [0.1, 0.15) is 45.6 Å². The lowest BCUT2D eigenvalue weighted by Gasteiger charge is -2.36. The smallest absolute Gasteiger partial charge is 0.316 e. The molecule has 1 aromatic heterocycles. The number of anilines is 1. The van der Waals surface area contributed by atoms with Gasteiger partial charge in [0.05, 0.1) is 5.75 Å². The van der Waals surface area contributed by atoms with Gasteiger partial charge >= 0.3 is 5.97 Å². The van der Waals surface area contributed by atoms with E-state index in [9.17, 15) is 4.79 Å². The van der Waals surface area contributed by atoms with Crippen LogP contribution in [0.3, 0.4) is 0 Å². The molecule has 0 saturated heterocycles. The van der Waals surface area contributed by atoms with E-state index in [1.807, 2.05) is 18.2 Å². The molecule has 0 aliphatic heterocycles. The van der Waals surface area contributed by atoms with Crippen LogP contribution < -0.4 is 5.32 Å². The van der Waals surface area contributed by atoms with Gasteiger partial charge in [-0.05, 0) is 36.2 Å². The van der Waals surface area contributed by atoms with Gasteiger partial charge in [-0.3, -0.25) is 4.79 Å². The minimum Gasteiger partial charge on any atom is -0.461 e. The fourth-order valence-electron chi connectivity index (χ4n) is 3.69. The molecule has 2 aromatic rings. The average Bonchev–Trinajstić information content (AvgIpc) is 3.13. The maximum absolute atomic E-state index is 12.4. The fourth-order valence-corrected chi connectivity index (χ4v) is 5.22. The van der Waals surface area contributed by atoms with Crippen LogP contribution in [0.5, 0.6) is 0 Å². The van der Waals surface area contributed by atoms with Crippen molar-refractivity contribution in [2.24, 2.45) is 17.8 Å². The molecule has 3 atom stereocenters. The van der Waals surface area contributed by atoms with Crippen molar-refractivity contribution in [2.45, 2.75) is 57.0 Å². The standard InChI is InChI=1S/C21H29N3O2S2/c1-14(2)17-10-9-15(3)11-18(17)26-19(25)13-27-21-24-23-20(28-21)22-12-16-7-5-4-6-8-16/h4-8,14-15,17-18H,9-13H2,1-3H3,(H,22,23)/t15-,17-,18-/m1/s1. The number of aromatic nitrogens is 2. The minimum absolute atomic E-state index is 0.0503. The van der Waals surface area contributed by atoms with Gasteiger partial charge in [-0.2, -0.15) is 0 Å². The zero-order valence-corrected chi connectivity index (χ0v) is 18.4. The third kappa shape index (κ3) is 6.21. The largest absolute Gasteiger partial charge is 0.461 e. The topological polar surface area (TPSA) is 64.1 Å². The van der Waals surface area contributed by atoms with Gasteiger partial charge in [0.25, 0.3) is 0 Å². The molecule has 1 aromatic carbocycles. The van der Waals surface area contributed by atoms with E-state index in [1.54, 1.807) is 0 Å². The monoisotopic (exact) mass is 419 g/mol. The highest BCUT2D eigenvalue weighted by Gasteiger charge is 2.33. The molecule has 28 heavy (non-hydrogen) atoms. The van der Waals surface area contributed by atoms with Crippen molar-refractivity contribution in [3.05, 3.63) is 35.9 Å². The molecule has 1 fully saturated rings. The number of carbonyl (C=O) groups is 1. The summed E-state index contributed by atoms with van der Waals surface area (Å²) in [6.45, 7) is 7.40. The molecule has 0 amide bonds.